The lowest BCUT2D eigenvalue weighted by Crippen LogP contribution is -2.12. The minimum Gasteiger partial charge on any atom is -0.493 e. The van der Waals surface area contributed by atoms with E-state index in [-0.39, 0.29) is 0 Å². The van der Waals surface area contributed by atoms with Crippen LogP contribution in [0.3, 0.4) is 0 Å². The molecule has 0 aliphatic rings. The first kappa shape index (κ1) is 17.5. The third kappa shape index (κ3) is 6.19. The van der Waals surface area contributed by atoms with Gasteiger partial charge in [0.15, 0.2) is 6.29 Å². The summed E-state index contributed by atoms with van der Waals surface area (Å²) in [6.45, 7) is 7.79. The topological polar surface area (TPSA) is 35.5 Å². The van der Waals surface area contributed by atoms with E-state index in [1.165, 1.54) is 19.3 Å². The number of ether oxygens (including phenoxy) is 2. The van der Waals surface area contributed by atoms with Gasteiger partial charge in [-0.2, -0.15) is 0 Å². The van der Waals surface area contributed by atoms with Crippen LogP contribution in [0.1, 0.15) is 63.2 Å². The fraction of sp³-hybridized carbons (Fsp3) is 0.611. The fourth-order valence-electron chi connectivity index (χ4n) is 2.15. The Labute approximate surface area is 128 Å². The highest BCUT2D eigenvalue weighted by atomic mass is 16.5. The molecule has 0 spiro atoms. The Morgan fingerprint density at radius 3 is 2.57 bits per heavy atom. The second-order valence-electron chi connectivity index (χ2n) is 5.39. The smallest absolute Gasteiger partial charge is 0.153 e. The van der Waals surface area contributed by atoms with E-state index in [1.54, 1.807) is 6.07 Å². The molecule has 1 unspecified atom stereocenters. The quantitative estimate of drug-likeness (QED) is 0.545. The molecule has 1 aromatic carbocycles. The molecule has 0 aliphatic heterocycles. The van der Waals surface area contributed by atoms with Crippen LogP contribution < -0.4 is 9.47 Å². The van der Waals surface area contributed by atoms with E-state index >= 15 is 0 Å². The molecule has 1 rings (SSSR count). The number of hydrogen-bond acceptors (Lipinski definition) is 3. The highest BCUT2D eigenvalue weighted by Crippen LogP contribution is 2.25. The van der Waals surface area contributed by atoms with Crippen molar-refractivity contribution < 1.29 is 14.3 Å². The van der Waals surface area contributed by atoms with Crippen molar-refractivity contribution in [3.63, 3.8) is 0 Å². The Bertz CT molecular complexity index is 415. The number of aldehydes is 1. The van der Waals surface area contributed by atoms with Crippen LogP contribution in [-0.4, -0.2) is 19.5 Å². The molecule has 118 valence electrons. The first-order chi connectivity index (χ1) is 10.2. The van der Waals surface area contributed by atoms with Crippen molar-refractivity contribution in [1.82, 2.24) is 0 Å². The van der Waals surface area contributed by atoms with Gasteiger partial charge in [0.2, 0.25) is 0 Å². The van der Waals surface area contributed by atoms with Crippen molar-refractivity contribution in [2.24, 2.45) is 5.92 Å². The summed E-state index contributed by atoms with van der Waals surface area (Å²) in [7, 11) is 0. The molecule has 21 heavy (non-hydrogen) atoms. The van der Waals surface area contributed by atoms with Gasteiger partial charge >= 0.3 is 0 Å². The fourth-order valence-corrected chi connectivity index (χ4v) is 2.15. The van der Waals surface area contributed by atoms with Crippen molar-refractivity contribution >= 4 is 6.29 Å². The monoisotopic (exact) mass is 292 g/mol. The molecule has 3 heteroatoms. The van der Waals surface area contributed by atoms with E-state index in [2.05, 4.69) is 20.8 Å². The van der Waals surface area contributed by atoms with Crippen molar-refractivity contribution in [2.45, 2.75) is 52.9 Å². The zero-order valence-corrected chi connectivity index (χ0v) is 13.6. The Morgan fingerprint density at radius 2 is 1.95 bits per heavy atom. The lowest BCUT2D eigenvalue weighted by atomic mass is 10.0. The summed E-state index contributed by atoms with van der Waals surface area (Å²) in [5.41, 5.74) is 0.587. The van der Waals surface area contributed by atoms with Crippen molar-refractivity contribution in [3.8, 4) is 11.5 Å². The lowest BCUT2D eigenvalue weighted by molar-refractivity contribution is 0.111. The number of carbonyl (C=O) groups excluding carboxylic acids is 1. The maximum atomic E-state index is 11.1. The summed E-state index contributed by atoms with van der Waals surface area (Å²) in [5, 5.41) is 0. The molecule has 0 amide bonds. The third-order valence-electron chi connectivity index (χ3n) is 3.60. The van der Waals surface area contributed by atoms with Crippen LogP contribution in [0.4, 0.5) is 0 Å². The molecule has 0 fully saturated rings. The molecule has 0 radical (unpaired) electrons. The Balaban J connectivity index is 2.67. The maximum Gasteiger partial charge on any atom is 0.153 e. The first-order valence-electron chi connectivity index (χ1n) is 8.09. The highest BCUT2D eigenvalue weighted by molar-refractivity contribution is 5.79. The van der Waals surface area contributed by atoms with Gasteiger partial charge < -0.3 is 9.47 Å². The summed E-state index contributed by atoms with van der Waals surface area (Å²) in [5.74, 6) is 1.94. The van der Waals surface area contributed by atoms with Gasteiger partial charge in [0.25, 0.3) is 0 Å². The third-order valence-corrected chi connectivity index (χ3v) is 3.60. The van der Waals surface area contributed by atoms with Crippen LogP contribution in [0.2, 0.25) is 0 Å². The molecule has 0 saturated heterocycles. The van der Waals surface area contributed by atoms with E-state index in [4.69, 9.17) is 9.47 Å². The van der Waals surface area contributed by atoms with Gasteiger partial charge in [-0.3, -0.25) is 4.79 Å². The first-order valence-corrected chi connectivity index (χ1v) is 8.09. The van der Waals surface area contributed by atoms with Gasteiger partial charge in [-0.15, -0.1) is 0 Å². The molecular formula is C18H28O3. The van der Waals surface area contributed by atoms with Crippen molar-refractivity contribution in [2.75, 3.05) is 13.2 Å². The SMILES string of the molecule is CCCCC(CC)COc1cc(OCCC)ccc1C=O. The van der Waals surface area contributed by atoms with Crippen LogP contribution in [0.25, 0.3) is 0 Å². The summed E-state index contributed by atoms with van der Waals surface area (Å²) in [4.78, 5) is 11.1. The molecule has 1 atom stereocenters. The molecule has 0 aromatic heterocycles. The second kappa shape index (κ2) is 10.3. The standard InChI is InChI=1S/C18H28O3/c1-4-7-8-15(6-3)14-21-18-12-17(20-11-5-2)10-9-16(18)13-19/h9-10,12-13,15H,4-8,11,14H2,1-3H3. The van der Waals surface area contributed by atoms with E-state index in [0.29, 0.717) is 30.4 Å². The summed E-state index contributed by atoms with van der Waals surface area (Å²) in [6, 6.07) is 5.41. The van der Waals surface area contributed by atoms with E-state index < -0.39 is 0 Å². The zero-order valence-electron chi connectivity index (χ0n) is 13.6. The van der Waals surface area contributed by atoms with Gasteiger partial charge in [-0.25, -0.2) is 0 Å². The van der Waals surface area contributed by atoms with Crippen LogP contribution in [-0.2, 0) is 0 Å². The number of benzene rings is 1. The largest absolute Gasteiger partial charge is 0.493 e. The average Bonchev–Trinajstić information content (AvgIpc) is 2.53. The maximum absolute atomic E-state index is 11.1. The normalized spacial score (nSPS) is 12.0. The van der Waals surface area contributed by atoms with Crippen molar-refractivity contribution in [1.29, 1.82) is 0 Å². The average molecular weight is 292 g/mol. The van der Waals surface area contributed by atoms with Gasteiger partial charge in [0.1, 0.15) is 11.5 Å². The minimum absolute atomic E-state index is 0.546. The molecule has 1 aromatic rings. The predicted molar refractivity (Wildman–Crippen MR) is 86.4 cm³/mol. The Hall–Kier alpha value is -1.51. The predicted octanol–water partition coefficient (Wildman–Crippen LogP) is 4.88. The van der Waals surface area contributed by atoms with E-state index in [0.717, 1.165) is 24.9 Å². The molecule has 0 bridgehead atoms. The van der Waals surface area contributed by atoms with Crippen LogP contribution in [0.15, 0.2) is 18.2 Å². The van der Waals surface area contributed by atoms with Gasteiger partial charge in [0, 0.05) is 6.07 Å². The Morgan fingerprint density at radius 1 is 1.14 bits per heavy atom. The summed E-state index contributed by atoms with van der Waals surface area (Å²) in [6.07, 6.45) is 6.50. The summed E-state index contributed by atoms with van der Waals surface area (Å²) >= 11 is 0. The summed E-state index contributed by atoms with van der Waals surface area (Å²) < 4.78 is 11.5. The molecule has 3 nitrogen and oxygen atoms in total. The van der Waals surface area contributed by atoms with Gasteiger partial charge in [0.05, 0.1) is 18.8 Å². The Kier molecular flexibility index (Phi) is 8.56. The molecule has 0 aliphatic carbocycles. The number of carbonyl (C=O) groups is 1. The van der Waals surface area contributed by atoms with Gasteiger partial charge in [-0.1, -0.05) is 40.0 Å². The zero-order chi connectivity index (χ0) is 15.5. The second-order valence-corrected chi connectivity index (χ2v) is 5.39. The molecule has 0 N–H and O–H groups in total. The van der Waals surface area contributed by atoms with Crippen molar-refractivity contribution in [3.05, 3.63) is 23.8 Å². The minimum atomic E-state index is 0.546. The van der Waals surface area contributed by atoms with Crippen LogP contribution in [0, 0.1) is 5.92 Å². The number of rotatable bonds is 11. The highest BCUT2D eigenvalue weighted by Gasteiger charge is 2.10. The molecular weight excluding hydrogens is 264 g/mol. The molecule has 0 heterocycles. The van der Waals surface area contributed by atoms with Crippen LogP contribution in [0.5, 0.6) is 11.5 Å². The lowest BCUT2D eigenvalue weighted by Gasteiger charge is -2.17. The van der Waals surface area contributed by atoms with E-state index in [9.17, 15) is 4.79 Å². The van der Waals surface area contributed by atoms with E-state index in [1.807, 2.05) is 12.1 Å². The van der Waals surface area contributed by atoms with Gasteiger partial charge in [-0.05, 0) is 30.9 Å². The number of unbranched alkanes of at least 4 members (excludes halogenated alkanes) is 1. The molecule has 0 saturated carbocycles. The number of hydrogen-bond donors (Lipinski definition) is 0. The van der Waals surface area contributed by atoms with Crippen LogP contribution >= 0.6 is 0 Å².